The standard InChI is InChI=1S/C22H28BN3O5/c1-21(2)22(3,4)31-23(30-21)15-8-6-7-14(9-15)13-26(28)19-12-24-18(11-25-19)16-10-17(16)20(27)29-5/h6-9,11-12,16-17,28H,10,13H2,1-5H3/t16-,17-/m0/s1. The molecule has 0 amide bonds. The van der Waals surface area contributed by atoms with E-state index in [0.29, 0.717) is 5.82 Å². The van der Waals surface area contributed by atoms with Crippen LogP contribution in [0, 0.1) is 5.92 Å². The summed E-state index contributed by atoms with van der Waals surface area (Å²) in [6, 6.07) is 7.75. The number of nitrogens with zero attached hydrogens (tertiary/aromatic N) is 3. The van der Waals surface area contributed by atoms with Crippen molar-refractivity contribution in [3.63, 3.8) is 0 Å². The van der Waals surface area contributed by atoms with Crippen LogP contribution < -0.4 is 10.5 Å². The normalized spacial score (nSPS) is 23.5. The first-order chi connectivity index (χ1) is 14.6. The molecule has 9 heteroatoms. The van der Waals surface area contributed by atoms with Gasteiger partial charge in [0.25, 0.3) is 0 Å². The van der Waals surface area contributed by atoms with Gasteiger partial charge in [-0.1, -0.05) is 24.3 Å². The van der Waals surface area contributed by atoms with Crippen LogP contribution in [0.3, 0.4) is 0 Å². The number of carbonyl (C=O) groups excluding carboxylic acids is 1. The van der Waals surface area contributed by atoms with E-state index < -0.39 is 18.3 Å². The summed E-state index contributed by atoms with van der Waals surface area (Å²) in [6.45, 7) is 8.30. The maximum absolute atomic E-state index is 11.6. The zero-order chi connectivity index (χ0) is 22.4. The maximum Gasteiger partial charge on any atom is 0.494 e. The molecule has 1 aromatic carbocycles. The molecule has 1 aliphatic carbocycles. The molecule has 0 unspecified atom stereocenters. The van der Waals surface area contributed by atoms with Crippen LogP contribution in [-0.4, -0.2) is 46.6 Å². The van der Waals surface area contributed by atoms with E-state index in [4.69, 9.17) is 14.0 Å². The summed E-state index contributed by atoms with van der Waals surface area (Å²) in [5, 5.41) is 11.6. The quantitative estimate of drug-likeness (QED) is 0.429. The average Bonchev–Trinajstić information content (AvgIpc) is 3.49. The Kier molecular flexibility index (Phi) is 5.53. The molecule has 2 aromatic rings. The number of methoxy groups -OCH3 is 1. The second kappa shape index (κ2) is 7.89. The monoisotopic (exact) mass is 425 g/mol. The van der Waals surface area contributed by atoms with Crippen molar-refractivity contribution < 1.29 is 24.0 Å². The molecule has 2 heterocycles. The molecular weight excluding hydrogens is 397 g/mol. The molecule has 164 valence electrons. The third-order valence-corrected chi connectivity index (χ3v) is 6.41. The van der Waals surface area contributed by atoms with Crippen LogP contribution in [0.1, 0.15) is 51.3 Å². The number of carbonyl (C=O) groups is 1. The molecule has 2 aliphatic rings. The lowest BCUT2D eigenvalue weighted by Crippen LogP contribution is -2.41. The molecule has 0 spiro atoms. The number of hydrogen-bond acceptors (Lipinski definition) is 8. The summed E-state index contributed by atoms with van der Waals surface area (Å²) in [4.78, 5) is 20.3. The summed E-state index contributed by atoms with van der Waals surface area (Å²) < 4.78 is 17.0. The molecule has 1 saturated heterocycles. The van der Waals surface area contributed by atoms with E-state index in [-0.39, 0.29) is 24.3 Å². The van der Waals surface area contributed by atoms with E-state index in [1.54, 1.807) is 6.20 Å². The van der Waals surface area contributed by atoms with Gasteiger partial charge in [0, 0.05) is 5.92 Å². The Morgan fingerprint density at radius 3 is 2.55 bits per heavy atom. The van der Waals surface area contributed by atoms with Crippen LogP contribution in [0.5, 0.6) is 0 Å². The number of esters is 1. The number of aromatic nitrogens is 2. The van der Waals surface area contributed by atoms with Gasteiger partial charge >= 0.3 is 13.1 Å². The second-order valence-corrected chi connectivity index (χ2v) is 9.16. The van der Waals surface area contributed by atoms with Crippen LogP contribution in [0.15, 0.2) is 36.7 Å². The minimum atomic E-state index is -0.461. The fraction of sp³-hybridized carbons (Fsp3) is 0.500. The number of benzene rings is 1. The first-order valence-electron chi connectivity index (χ1n) is 10.4. The molecule has 1 aromatic heterocycles. The third kappa shape index (κ3) is 4.30. The second-order valence-electron chi connectivity index (χ2n) is 9.16. The Hall–Kier alpha value is -2.49. The molecule has 0 radical (unpaired) electrons. The Labute approximate surface area is 182 Å². The molecule has 8 nitrogen and oxygen atoms in total. The molecule has 1 saturated carbocycles. The molecule has 4 rings (SSSR count). The number of anilines is 1. The van der Waals surface area contributed by atoms with Crippen LogP contribution in [0.25, 0.3) is 0 Å². The van der Waals surface area contributed by atoms with E-state index >= 15 is 0 Å². The van der Waals surface area contributed by atoms with Crippen molar-refractivity contribution in [2.24, 2.45) is 5.92 Å². The number of ether oxygens (including phenoxy) is 1. The van der Waals surface area contributed by atoms with Gasteiger partial charge in [-0.2, -0.15) is 0 Å². The predicted octanol–water partition coefficient (Wildman–Crippen LogP) is 2.45. The van der Waals surface area contributed by atoms with Crippen molar-refractivity contribution in [1.82, 2.24) is 9.97 Å². The molecular formula is C22H28BN3O5. The topological polar surface area (TPSA) is 94.0 Å². The third-order valence-electron chi connectivity index (χ3n) is 6.41. The van der Waals surface area contributed by atoms with Gasteiger partial charge in [0.15, 0.2) is 5.82 Å². The van der Waals surface area contributed by atoms with Gasteiger partial charge in [0.05, 0.1) is 48.9 Å². The Morgan fingerprint density at radius 2 is 1.94 bits per heavy atom. The summed E-state index contributed by atoms with van der Waals surface area (Å²) >= 11 is 0. The van der Waals surface area contributed by atoms with Crippen molar-refractivity contribution in [1.29, 1.82) is 0 Å². The molecule has 31 heavy (non-hydrogen) atoms. The average molecular weight is 425 g/mol. The van der Waals surface area contributed by atoms with Crippen molar-refractivity contribution in [3.05, 3.63) is 47.9 Å². The SMILES string of the molecule is COC(=O)[C@H]1C[C@@H]1c1cnc(N(O)Cc2cccc(B3OC(C)(C)C(C)(C)O3)c2)cn1. The fourth-order valence-electron chi connectivity index (χ4n) is 3.66. The van der Waals surface area contributed by atoms with Gasteiger partial charge in [-0.05, 0) is 45.1 Å². The smallest absolute Gasteiger partial charge is 0.469 e. The molecule has 2 atom stereocenters. The van der Waals surface area contributed by atoms with Gasteiger partial charge in [-0.15, -0.1) is 0 Å². The summed E-state index contributed by atoms with van der Waals surface area (Å²) in [5.41, 5.74) is 1.68. The maximum atomic E-state index is 11.6. The van der Waals surface area contributed by atoms with Crippen LogP contribution >= 0.6 is 0 Å². The highest BCUT2D eigenvalue weighted by Gasteiger charge is 2.51. The van der Waals surface area contributed by atoms with Gasteiger partial charge in [0.2, 0.25) is 0 Å². The zero-order valence-electron chi connectivity index (χ0n) is 18.5. The van der Waals surface area contributed by atoms with Gasteiger partial charge in [-0.3, -0.25) is 15.0 Å². The molecule has 2 fully saturated rings. The van der Waals surface area contributed by atoms with Crippen LogP contribution in [0.2, 0.25) is 0 Å². The lowest BCUT2D eigenvalue weighted by molar-refractivity contribution is -0.142. The summed E-state index contributed by atoms with van der Waals surface area (Å²) in [6.07, 6.45) is 3.84. The number of rotatable bonds is 6. The Morgan fingerprint density at radius 1 is 1.23 bits per heavy atom. The van der Waals surface area contributed by atoms with E-state index in [2.05, 4.69) is 9.97 Å². The highest BCUT2D eigenvalue weighted by Crippen LogP contribution is 2.47. The van der Waals surface area contributed by atoms with E-state index in [1.165, 1.54) is 13.3 Å². The number of hydrogen-bond donors (Lipinski definition) is 1. The first-order valence-corrected chi connectivity index (χ1v) is 10.4. The highest BCUT2D eigenvalue weighted by molar-refractivity contribution is 6.62. The zero-order valence-corrected chi connectivity index (χ0v) is 18.5. The fourth-order valence-corrected chi connectivity index (χ4v) is 3.66. The van der Waals surface area contributed by atoms with Crippen molar-refractivity contribution in [2.45, 2.75) is 57.8 Å². The van der Waals surface area contributed by atoms with Crippen molar-refractivity contribution in [2.75, 3.05) is 12.2 Å². The highest BCUT2D eigenvalue weighted by atomic mass is 16.7. The predicted molar refractivity (Wildman–Crippen MR) is 115 cm³/mol. The Balaban J connectivity index is 1.41. The first kappa shape index (κ1) is 21.7. The lowest BCUT2D eigenvalue weighted by atomic mass is 9.78. The Bertz CT molecular complexity index is 950. The molecule has 1 N–H and O–H groups in total. The van der Waals surface area contributed by atoms with Gasteiger partial charge in [-0.25, -0.2) is 10.0 Å². The molecule has 0 bridgehead atoms. The van der Waals surface area contributed by atoms with Crippen LogP contribution in [-0.2, 0) is 25.4 Å². The van der Waals surface area contributed by atoms with Crippen molar-refractivity contribution >= 4 is 24.4 Å². The largest absolute Gasteiger partial charge is 0.494 e. The van der Waals surface area contributed by atoms with Gasteiger partial charge in [0.1, 0.15) is 0 Å². The van der Waals surface area contributed by atoms with E-state index in [1.807, 2.05) is 52.0 Å². The van der Waals surface area contributed by atoms with Gasteiger partial charge < -0.3 is 14.0 Å². The van der Waals surface area contributed by atoms with Crippen molar-refractivity contribution in [3.8, 4) is 0 Å². The minimum Gasteiger partial charge on any atom is -0.469 e. The number of hydroxylamine groups is 1. The van der Waals surface area contributed by atoms with E-state index in [9.17, 15) is 10.0 Å². The lowest BCUT2D eigenvalue weighted by Gasteiger charge is -2.32. The molecule has 1 aliphatic heterocycles. The summed E-state index contributed by atoms with van der Waals surface area (Å²) in [5.74, 6) is 0.00688. The van der Waals surface area contributed by atoms with E-state index in [0.717, 1.165) is 28.2 Å². The van der Waals surface area contributed by atoms with Crippen LogP contribution in [0.4, 0.5) is 5.82 Å². The minimum absolute atomic E-state index is 0.0396. The summed E-state index contributed by atoms with van der Waals surface area (Å²) in [7, 11) is 0.926.